The number of anilines is 2. The summed E-state index contributed by atoms with van der Waals surface area (Å²) in [4.78, 5) is 21.3. The molecule has 0 saturated carbocycles. The van der Waals surface area contributed by atoms with Crippen LogP contribution in [0.1, 0.15) is 36.5 Å². The Morgan fingerprint density at radius 2 is 1.89 bits per heavy atom. The summed E-state index contributed by atoms with van der Waals surface area (Å²) in [5, 5.41) is 0. The first-order valence-electron chi connectivity index (χ1n) is 8.89. The highest BCUT2D eigenvalue weighted by Gasteiger charge is 2.29. The van der Waals surface area contributed by atoms with Gasteiger partial charge in [-0.1, -0.05) is 18.2 Å². The van der Waals surface area contributed by atoms with Gasteiger partial charge in [-0.05, 0) is 50.5 Å². The number of hydrogen-bond acceptors (Lipinski definition) is 4. The highest BCUT2D eigenvalue weighted by molar-refractivity contribution is 5.94. The molecule has 1 aliphatic heterocycles. The Kier molecular flexibility index (Phi) is 9.03. The van der Waals surface area contributed by atoms with Gasteiger partial charge in [0.1, 0.15) is 5.82 Å². The molecule has 2 aromatic rings. The second-order valence-electron chi connectivity index (χ2n) is 6.72. The van der Waals surface area contributed by atoms with Crippen molar-refractivity contribution in [3.05, 3.63) is 54.2 Å². The number of nitrogens with zero attached hydrogens (tertiary/aromatic N) is 3. The van der Waals surface area contributed by atoms with Crippen molar-refractivity contribution in [2.75, 3.05) is 18.5 Å². The minimum absolute atomic E-state index is 0. The lowest BCUT2D eigenvalue weighted by Crippen LogP contribution is -2.51. The third-order valence-corrected chi connectivity index (χ3v) is 4.90. The molecule has 1 aromatic heterocycles. The van der Waals surface area contributed by atoms with Crippen LogP contribution in [0.3, 0.4) is 0 Å². The van der Waals surface area contributed by atoms with E-state index in [0.717, 1.165) is 37.3 Å². The lowest BCUT2D eigenvalue weighted by molar-refractivity contribution is 0.0583. The van der Waals surface area contributed by atoms with E-state index in [1.54, 1.807) is 6.20 Å². The molecule has 0 radical (unpaired) electrons. The first kappa shape index (κ1) is 23.2. The van der Waals surface area contributed by atoms with Crippen molar-refractivity contribution in [3.8, 4) is 0 Å². The van der Waals surface area contributed by atoms with E-state index in [-0.39, 0.29) is 42.8 Å². The summed E-state index contributed by atoms with van der Waals surface area (Å²) in [6, 6.07) is 13.9. The van der Waals surface area contributed by atoms with Gasteiger partial charge in [-0.15, -0.1) is 24.8 Å². The maximum atomic E-state index is 12.9. The highest BCUT2D eigenvalue weighted by atomic mass is 35.5. The molecule has 0 bridgehead atoms. The normalized spacial score (nSPS) is 17.3. The number of hydrogen-bond donors (Lipinski definition) is 1. The highest BCUT2D eigenvalue weighted by Crippen LogP contribution is 2.24. The Bertz CT molecular complexity index is 710. The van der Waals surface area contributed by atoms with Crippen LogP contribution in [0.15, 0.2) is 48.7 Å². The molecule has 1 amide bonds. The zero-order chi connectivity index (χ0) is 17.8. The van der Waals surface area contributed by atoms with Gasteiger partial charge in [-0.3, -0.25) is 4.79 Å². The Labute approximate surface area is 173 Å². The number of amides is 1. The van der Waals surface area contributed by atoms with Crippen LogP contribution in [0.25, 0.3) is 0 Å². The standard InChI is InChI=1S/C20H26N4O.2ClH/c1-15(21)18-10-6-7-13-24(18)20(25)16-11-12-19(22-14-16)23(2)17-8-4-3-5-9-17;;/h3-5,8-9,11-12,14-15,18H,6-7,10,13,21H2,1-2H3;2*1H. The molecule has 0 aliphatic carbocycles. The van der Waals surface area contributed by atoms with E-state index in [1.165, 1.54) is 0 Å². The van der Waals surface area contributed by atoms with E-state index in [1.807, 2.05) is 66.2 Å². The summed E-state index contributed by atoms with van der Waals surface area (Å²) in [6.45, 7) is 2.75. The van der Waals surface area contributed by atoms with Crippen molar-refractivity contribution < 1.29 is 4.79 Å². The Balaban J connectivity index is 0.00000182. The Hall–Kier alpha value is -1.82. The molecule has 2 N–H and O–H groups in total. The molecule has 5 nitrogen and oxygen atoms in total. The predicted molar refractivity (Wildman–Crippen MR) is 116 cm³/mol. The van der Waals surface area contributed by atoms with Crippen molar-refractivity contribution in [2.45, 2.75) is 38.3 Å². The van der Waals surface area contributed by atoms with E-state index >= 15 is 0 Å². The smallest absolute Gasteiger partial charge is 0.255 e. The Morgan fingerprint density at radius 1 is 1.19 bits per heavy atom. The second kappa shape index (κ2) is 10.5. The van der Waals surface area contributed by atoms with E-state index in [0.29, 0.717) is 5.56 Å². The quantitative estimate of drug-likeness (QED) is 0.825. The molecule has 1 aliphatic rings. The summed E-state index contributed by atoms with van der Waals surface area (Å²) < 4.78 is 0. The van der Waals surface area contributed by atoms with Crippen LogP contribution in [0, 0.1) is 0 Å². The van der Waals surface area contributed by atoms with Gasteiger partial charge >= 0.3 is 0 Å². The maximum absolute atomic E-state index is 12.9. The molecular formula is C20H28Cl2N4O. The molecular weight excluding hydrogens is 383 g/mol. The summed E-state index contributed by atoms with van der Waals surface area (Å²) in [6.07, 6.45) is 4.82. The van der Waals surface area contributed by atoms with Crippen LogP contribution in [-0.2, 0) is 0 Å². The van der Waals surface area contributed by atoms with Crippen molar-refractivity contribution in [2.24, 2.45) is 5.73 Å². The number of halogens is 2. The number of likely N-dealkylation sites (tertiary alicyclic amines) is 1. The summed E-state index contributed by atoms with van der Waals surface area (Å²) in [5.74, 6) is 0.841. The van der Waals surface area contributed by atoms with E-state index in [2.05, 4.69) is 4.98 Å². The number of pyridine rings is 1. The van der Waals surface area contributed by atoms with Gasteiger partial charge in [0.25, 0.3) is 5.91 Å². The largest absolute Gasteiger partial charge is 0.334 e. The average molecular weight is 411 g/mol. The van der Waals surface area contributed by atoms with E-state index in [9.17, 15) is 4.79 Å². The van der Waals surface area contributed by atoms with E-state index < -0.39 is 0 Å². The third kappa shape index (κ3) is 5.34. The van der Waals surface area contributed by atoms with Crippen LogP contribution in [0.5, 0.6) is 0 Å². The fraction of sp³-hybridized carbons (Fsp3) is 0.400. The third-order valence-electron chi connectivity index (χ3n) is 4.90. The minimum atomic E-state index is -0.0132. The summed E-state index contributed by atoms with van der Waals surface area (Å²) in [5.41, 5.74) is 7.77. The number of carbonyl (C=O) groups is 1. The van der Waals surface area contributed by atoms with Crippen LogP contribution in [0.2, 0.25) is 0 Å². The van der Waals surface area contributed by atoms with Crippen LogP contribution >= 0.6 is 24.8 Å². The van der Waals surface area contributed by atoms with Crippen molar-refractivity contribution in [1.29, 1.82) is 0 Å². The molecule has 2 atom stereocenters. The number of para-hydroxylation sites is 1. The fourth-order valence-corrected chi connectivity index (χ4v) is 3.42. The zero-order valence-electron chi connectivity index (χ0n) is 15.7. The number of nitrogens with two attached hydrogens (primary N) is 1. The van der Waals surface area contributed by atoms with Gasteiger partial charge in [0, 0.05) is 37.6 Å². The predicted octanol–water partition coefficient (Wildman–Crippen LogP) is 4.04. The van der Waals surface area contributed by atoms with Crippen LogP contribution < -0.4 is 10.6 Å². The van der Waals surface area contributed by atoms with Gasteiger partial charge in [0.05, 0.1) is 5.56 Å². The maximum Gasteiger partial charge on any atom is 0.255 e. The van der Waals surface area contributed by atoms with Crippen molar-refractivity contribution >= 4 is 42.2 Å². The monoisotopic (exact) mass is 410 g/mol. The molecule has 1 fully saturated rings. The van der Waals surface area contributed by atoms with Gasteiger partial charge in [-0.25, -0.2) is 4.98 Å². The molecule has 27 heavy (non-hydrogen) atoms. The summed E-state index contributed by atoms with van der Waals surface area (Å²) >= 11 is 0. The van der Waals surface area contributed by atoms with Gasteiger partial charge < -0.3 is 15.5 Å². The molecule has 1 saturated heterocycles. The minimum Gasteiger partial charge on any atom is -0.334 e. The molecule has 1 aromatic carbocycles. The SMILES string of the molecule is CC(N)C1CCCCN1C(=O)c1ccc(N(C)c2ccccc2)nc1.Cl.Cl. The second-order valence-corrected chi connectivity index (χ2v) is 6.72. The number of rotatable bonds is 4. The first-order chi connectivity index (χ1) is 12.1. The summed E-state index contributed by atoms with van der Waals surface area (Å²) in [7, 11) is 1.97. The van der Waals surface area contributed by atoms with E-state index in [4.69, 9.17) is 5.73 Å². The first-order valence-corrected chi connectivity index (χ1v) is 8.89. The fourth-order valence-electron chi connectivity index (χ4n) is 3.42. The average Bonchev–Trinajstić information content (AvgIpc) is 2.67. The topological polar surface area (TPSA) is 62.5 Å². The number of carbonyl (C=O) groups excluding carboxylic acids is 1. The van der Waals surface area contributed by atoms with Gasteiger partial charge in [-0.2, -0.15) is 0 Å². The molecule has 2 unspecified atom stereocenters. The lowest BCUT2D eigenvalue weighted by atomic mass is 9.96. The Morgan fingerprint density at radius 3 is 2.48 bits per heavy atom. The number of aromatic nitrogens is 1. The van der Waals surface area contributed by atoms with Crippen molar-refractivity contribution in [3.63, 3.8) is 0 Å². The van der Waals surface area contributed by atoms with Crippen molar-refractivity contribution in [1.82, 2.24) is 9.88 Å². The molecule has 7 heteroatoms. The van der Waals surface area contributed by atoms with Crippen LogP contribution in [-0.4, -0.2) is 41.5 Å². The molecule has 148 valence electrons. The zero-order valence-corrected chi connectivity index (χ0v) is 17.4. The van der Waals surface area contributed by atoms with Gasteiger partial charge in [0.2, 0.25) is 0 Å². The molecule has 0 spiro atoms. The number of piperidine rings is 1. The molecule has 3 rings (SSSR count). The molecule has 2 heterocycles. The lowest BCUT2D eigenvalue weighted by Gasteiger charge is -2.38. The number of benzene rings is 1. The van der Waals surface area contributed by atoms with Crippen LogP contribution in [0.4, 0.5) is 11.5 Å². The van der Waals surface area contributed by atoms with Gasteiger partial charge in [0.15, 0.2) is 0 Å².